The molecular weight excluding hydrogens is 454 g/mol. The highest BCUT2D eigenvalue weighted by molar-refractivity contribution is 7.09. The summed E-state index contributed by atoms with van der Waals surface area (Å²) in [6, 6.07) is 6.12. The average molecular weight is 488 g/mol. The predicted molar refractivity (Wildman–Crippen MR) is 132 cm³/mol. The molecule has 2 aromatic rings. The minimum absolute atomic E-state index is 0.0424. The molecule has 1 heterocycles. The fourth-order valence-electron chi connectivity index (χ4n) is 4.23. The molecule has 1 atom stereocenters. The van der Waals surface area contributed by atoms with E-state index in [2.05, 4.69) is 23.5 Å². The number of hydrogen-bond donors (Lipinski definition) is 3. The summed E-state index contributed by atoms with van der Waals surface area (Å²) >= 11 is 0.833. The molecule has 1 aromatic heterocycles. The van der Waals surface area contributed by atoms with Crippen molar-refractivity contribution in [2.24, 2.45) is 11.7 Å². The Bertz CT molecular complexity index is 1010. The first-order valence-electron chi connectivity index (χ1n) is 11.5. The molecule has 5 N–H and O–H groups in total. The van der Waals surface area contributed by atoms with E-state index >= 15 is 0 Å². The van der Waals surface area contributed by atoms with Crippen LogP contribution in [0.25, 0.3) is 0 Å². The van der Waals surface area contributed by atoms with E-state index in [-0.39, 0.29) is 28.2 Å². The number of nitrogens with one attached hydrogen (secondary N) is 1. The summed E-state index contributed by atoms with van der Waals surface area (Å²) in [5.74, 6) is -0.396. The molecule has 0 saturated heterocycles. The van der Waals surface area contributed by atoms with Gasteiger partial charge in [0.1, 0.15) is 16.7 Å². The number of rotatable bonds is 10. The number of primary amides is 1. The number of amides is 3. The maximum absolute atomic E-state index is 13.9. The molecule has 0 unspecified atom stereocenters. The maximum Gasteiger partial charge on any atom is 0.270 e. The number of carbonyl (C=O) groups excluding carboxylic acids is 3. The zero-order valence-corrected chi connectivity index (χ0v) is 20.7. The zero-order chi connectivity index (χ0) is 24.8. The van der Waals surface area contributed by atoms with Crippen molar-refractivity contribution >= 4 is 34.9 Å². The van der Waals surface area contributed by atoms with Crippen LogP contribution in [0, 0.1) is 5.92 Å². The second-order valence-electron chi connectivity index (χ2n) is 8.94. The molecule has 10 heteroatoms. The number of carbonyl (C=O) groups is 3. The number of benzene rings is 1. The Morgan fingerprint density at radius 2 is 1.85 bits per heavy atom. The third-order valence-electron chi connectivity index (χ3n) is 6.09. The fourth-order valence-corrected chi connectivity index (χ4v) is 4.98. The van der Waals surface area contributed by atoms with Crippen LogP contribution in [0.1, 0.15) is 77.7 Å². The number of aromatic nitrogens is 1. The third-order valence-corrected chi connectivity index (χ3v) is 6.94. The van der Waals surface area contributed by atoms with Gasteiger partial charge in [0, 0.05) is 12.6 Å². The molecular formula is C24H33N5O4S. The van der Waals surface area contributed by atoms with E-state index in [0.717, 1.165) is 43.6 Å². The highest BCUT2D eigenvalue weighted by Crippen LogP contribution is 2.36. The van der Waals surface area contributed by atoms with Crippen LogP contribution in [0.5, 0.6) is 5.75 Å². The van der Waals surface area contributed by atoms with Gasteiger partial charge in [-0.3, -0.25) is 14.4 Å². The molecule has 184 valence electrons. The summed E-state index contributed by atoms with van der Waals surface area (Å²) in [7, 11) is 1.57. The molecule has 0 radical (unpaired) electrons. The number of ether oxygens (including phenoxy) is 1. The van der Waals surface area contributed by atoms with Crippen LogP contribution in [0.4, 0.5) is 5.69 Å². The van der Waals surface area contributed by atoms with Crippen molar-refractivity contribution in [3.63, 3.8) is 0 Å². The average Bonchev–Trinajstić information content (AvgIpc) is 3.46. The lowest BCUT2D eigenvalue weighted by Gasteiger charge is -2.36. The lowest BCUT2D eigenvalue weighted by molar-refractivity contribution is -0.126. The first-order chi connectivity index (χ1) is 16.2. The second-order valence-corrected chi connectivity index (χ2v) is 9.71. The standard InChI is InChI=1S/C24H33N5O4S/c1-14(2)12-13-27-23(31)20(15-8-10-17(33-3)11-9-15)29(16-6-4-5-7-16)24(32)21-18(25)19(22(26)30)28-34-21/h8-11,14,16,20H,4-7,12-13,25H2,1-3H3,(H2,26,30)(H,27,31)/t20-/m0/s1. The van der Waals surface area contributed by atoms with Crippen LogP contribution in [-0.4, -0.2) is 46.7 Å². The Hall–Kier alpha value is -3.14. The van der Waals surface area contributed by atoms with E-state index in [4.69, 9.17) is 16.2 Å². The van der Waals surface area contributed by atoms with Crippen molar-refractivity contribution in [3.8, 4) is 5.75 Å². The van der Waals surface area contributed by atoms with Gasteiger partial charge in [-0.15, -0.1) is 0 Å². The normalized spacial score (nSPS) is 14.7. The monoisotopic (exact) mass is 487 g/mol. The SMILES string of the molecule is COc1ccc([C@@H](C(=O)NCCC(C)C)N(C(=O)c2snc(C(N)=O)c2N)C2CCCC2)cc1. The lowest BCUT2D eigenvalue weighted by Crippen LogP contribution is -2.48. The number of nitrogens with zero attached hydrogens (tertiary/aromatic N) is 2. The second kappa shape index (κ2) is 11.3. The zero-order valence-electron chi connectivity index (χ0n) is 19.9. The van der Waals surface area contributed by atoms with Crippen LogP contribution >= 0.6 is 11.5 Å². The summed E-state index contributed by atoms with van der Waals surface area (Å²) in [6.07, 6.45) is 4.30. The van der Waals surface area contributed by atoms with E-state index in [9.17, 15) is 14.4 Å². The Labute approximate surface area is 204 Å². The first kappa shape index (κ1) is 25.5. The minimum atomic E-state index is -0.868. The van der Waals surface area contributed by atoms with Gasteiger partial charge in [0.2, 0.25) is 5.91 Å². The maximum atomic E-state index is 13.9. The Morgan fingerprint density at radius 1 is 1.21 bits per heavy atom. The van der Waals surface area contributed by atoms with E-state index in [1.807, 2.05) is 0 Å². The van der Waals surface area contributed by atoms with E-state index in [1.165, 1.54) is 0 Å². The van der Waals surface area contributed by atoms with Crippen molar-refractivity contribution in [3.05, 3.63) is 40.4 Å². The van der Waals surface area contributed by atoms with E-state index in [0.29, 0.717) is 23.8 Å². The van der Waals surface area contributed by atoms with Crippen LogP contribution < -0.4 is 21.5 Å². The molecule has 0 spiro atoms. The quantitative estimate of drug-likeness (QED) is 0.470. The fraction of sp³-hybridized carbons (Fsp3) is 0.500. The highest BCUT2D eigenvalue weighted by atomic mass is 32.1. The first-order valence-corrected chi connectivity index (χ1v) is 12.3. The van der Waals surface area contributed by atoms with Crippen molar-refractivity contribution < 1.29 is 19.1 Å². The molecule has 1 fully saturated rings. The molecule has 3 rings (SSSR count). The van der Waals surface area contributed by atoms with Crippen molar-refractivity contribution in [2.45, 2.75) is 58.0 Å². The van der Waals surface area contributed by atoms with Gasteiger partial charge >= 0.3 is 0 Å². The number of hydrogen-bond acceptors (Lipinski definition) is 7. The van der Waals surface area contributed by atoms with Crippen LogP contribution in [-0.2, 0) is 4.79 Å². The van der Waals surface area contributed by atoms with Crippen LogP contribution in [0.15, 0.2) is 24.3 Å². The summed E-state index contributed by atoms with van der Waals surface area (Å²) in [5, 5.41) is 3.01. The number of nitrogen functional groups attached to an aromatic ring is 1. The lowest BCUT2D eigenvalue weighted by atomic mass is 10.00. The van der Waals surface area contributed by atoms with Gasteiger partial charge in [0.05, 0.1) is 12.8 Å². The van der Waals surface area contributed by atoms with Gasteiger partial charge in [-0.25, -0.2) is 0 Å². The number of anilines is 1. The largest absolute Gasteiger partial charge is 0.497 e. The molecule has 1 saturated carbocycles. The number of nitrogens with two attached hydrogens (primary N) is 2. The van der Waals surface area contributed by atoms with Crippen LogP contribution in [0.3, 0.4) is 0 Å². The van der Waals surface area contributed by atoms with Gasteiger partial charge < -0.3 is 26.4 Å². The van der Waals surface area contributed by atoms with Gasteiger partial charge in [-0.1, -0.05) is 38.8 Å². The van der Waals surface area contributed by atoms with Crippen molar-refractivity contribution in [1.29, 1.82) is 0 Å². The van der Waals surface area contributed by atoms with Crippen molar-refractivity contribution in [2.75, 3.05) is 19.4 Å². The molecule has 1 aliphatic rings. The topological polar surface area (TPSA) is 141 Å². The highest BCUT2D eigenvalue weighted by Gasteiger charge is 2.39. The molecule has 3 amide bonds. The van der Waals surface area contributed by atoms with Gasteiger partial charge in [0.25, 0.3) is 11.8 Å². The van der Waals surface area contributed by atoms with Gasteiger partial charge in [-0.2, -0.15) is 4.37 Å². The molecule has 1 aromatic carbocycles. The summed E-state index contributed by atoms with van der Waals surface area (Å²) < 4.78 is 9.26. The molecule has 1 aliphatic carbocycles. The Balaban J connectivity index is 2.04. The van der Waals surface area contributed by atoms with E-state index < -0.39 is 17.9 Å². The minimum Gasteiger partial charge on any atom is -0.497 e. The van der Waals surface area contributed by atoms with Crippen molar-refractivity contribution in [1.82, 2.24) is 14.6 Å². The summed E-state index contributed by atoms with van der Waals surface area (Å²) in [4.78, 5) is 40.8. The van der Waals surface area contributed by atoms with Gasteiger partial charge in [0.15, 0.2) is 5.69 Å². The van der Waals surface area contributed by atoms with E-state index in [1.54, 1.807) is 36.3 Å². The predicted octanol–water partition coefficient (Wildman–Crippen LogP) is 3.12. The molecule has 0 aliphatic heterocycles. The summed E-state index contributed by atoms with van der Waals surface area (Å²) in [6.45, 7) is 4.68. The van der Waals surface area contributed by atoms with Gasteiger partial charge in [-0.05, 0) is 54.4 Å². The Morgan fingerprint density at radius 3 is 2.38 bits per heavy atom. The molecule has 34 heavy (non-hydrogen) atoms. The number of methoxy groups -OCH3 is 1. The summed E-state index contributed by atoms with van der Waals surface area (Å²) in [5.41, 5.74) is 11.9. The van der Waals surface area contributed by atoms with Crippen LogP contribution in [0.2, 0.25) is 0 Å². The third kappa shape index (κ3) is 5.67. The Kier molecular flexibility index (Phi) is 8.49. The molecule has 9 nitrogen and oxygen atoms in total. The molecule has 0 bridgehead atoms. The smallest absolute Gasteiger partial charge is 0.270 e.